The third-order valence-electron chi connectivity index (χ3n) is 1.72. The SMILES string of the molecule is O=C1c2cc(F)c(Br)cc2OC1Br. The lowest BCUT2D eigenvalue weighted by atomic mass is 10.1. The Balaban J connectivity index is 2.59. The van der Waals surface area contributed by atoms with Crippen LogP contribution in [-0.2, 0) is 0 Å². The molecule has 1 aliphatic heterocycles. The summed E-state index contributed by atoms with van der Waals surface area (Å²) in [5.41, 5.74) is 0.280. The van der Waals surface area contributed by atoms with Crippen LogP contribution in [0, 0.1) is 5.82 Å². The van der Waals surface area contributed by atoms with Crippen LogP contribution in [0.2, 0.25) is 0 Å². The van der Waals surface area contributed by atoms with Crippen LogP contribution in [0.5, 0.6) is 5.75 Å². The predicted octanol–water partition coefficient (Wildman–Crippen LogP) is 2.88. The van der Waals surface area contributed by atoms with Crippen LogP contribution < -0.4 is 4.74 Å². The molecule has 0 aliphatic carbocycles. The van der Waals surface area contributed by atoms with Gasteiger partial charge in [0.2, 0.25) is 10.8 Å². The fourth-order valence-corrected chi connectivity index (χ4v) is 1.88. The quantitative estimate of drug-likeness (QED) is 0.689. The van der Waals surface area contributed by atoms with E-state index in [0.29, 0.717) is 10.2 Å². The lowest BCUT2D eigenvalue weighted by Crippen LogP contribution is -2.10. The Kier molecular flexibility index (Phi) is 2.15. The van der Waals surface area contributed by atoms with E-state index in [4.69, 9.17) is 4.74 Å². The predicted molar refractivity (Wildman–Crippen MR) is 51.8 cm³/mol. The first-order chi connectivity index (χ1) is 6.09. The van der Waals surface area contributed by atoms with Crippen LogP contribution in [-0.4, -0.2) is 10.8 Å². The number of halogens is 3. The largest absolute Gasteiger partial charge is 0.470 e. The zero-order chi connectivity index (χ0) is 9.59. The number of carbonyl (C=O) groups excluding carboxylic acids is 1. The lowest BCUT2D eigenvalue weighted by molar-refractivity contribution is 0.0942. The average molecular weight is 310 g/mol. The maximum absolute atomic E-state index is 13.0. The molecule has 0 saturated heterocycles. The maximum Gasteiger partial charge on any atom is 0.218 e. The first kappa shape index (κ1) is 9.15. The summed E-state index contributed by atoms with van der Waals surface area (Å²) >= 11 is 6.03. The van der Waals surface area contributed by atoms with E-state index >= 15 is 0 Å². The molecule has 0 N–H and O–H groups in total. The summed E-state index contributed by atoms with van der Waals surface area (Å²) in [6.45, 7) is 0. The molecular formula is C8H3Br2FO2. The number of rotatable bonds is 0. The van der Waals surface area contributed by atoms with Crippen molar-refractivity contribution >= 4 is 37.6 Å². The van der Waals surface area contributed by atoms with Crippen molar-refractivity contribution in [3.63, 3.8) is 0 Å². The van der Waals surface area contributed by atoms with Crippen molar-refractivity contribution in [1.29, 1.82) is 0 Å². The highest BCUT2D eigenvalue weighted by Crippen LogP contribution is 2.34. The number of ether oxygens (including phenoxy) is 1. The molecule has 1 aromatic rings. The molecule has 2 nitrogen and oxygen atoms in total. The van der Waals surface area contributed by atoms with Crippen LogP contribution in [0.15, 0.2) is 16.6 Å². The molecule has 0 bridgehead atoms. The van der Waals surface area contributed by atoms with Crippen LogP contribution in [0.25, 0.3) is 0 Å². The first-order valence-corrected chi connectivity index (χ1v) is 5.14. The molecule has 5 heteroatoms. The van der Waals surface area contributed by atoms with Crippen LogP contribution >= 0.6 is 31.9 Å². The van der Waals surface area contributed by atoms with Crippen molar-refractivity contribution in [3.8, 4) is 5.75 Å². The Bertz CT molecular complexity index is 392. The normalized spacial score (nSPS) is 19.9. The minimum absolute atomic E-state index is 0.249. The van der Waals surface area contributed by atoms with Crippen molar-refractivity contribution in [2.45, 2.75) is 5.01 Å². The van der Waals surface area contributed by atoms with Gasteiger partial charge in [-0.2, -0.15) is 0 Å². The van der Waals surface area contributed by atoms with E-state index in [9.17, 15) is 9.18 Å². The summed E-state index contributed by atoms with van der Waals surface area (Å²) in [7, 11) is 0. The number of alkyl halides is 1. The Morgan fingerprint density at radius 1 is 1.46 bits per heavy atom. The minimum atomic E-state index is -0.684. The summed E-state index contributed by atoms with van der Waals surface area (Å²) in [5, 5.41) is -0.684. The first-order valence-electron chi connectivity index (χ1n) is 3.43. The van der Waals surface area contributed by atoms with E-state index < -0.39 is 10.8 Å². The Labute approximate surface area is 90.3 Å². The van der Waals surface area contributed by atoms with Gasteiger partial charge < -0.3 is 4.74 Å². The molecular weight excluding hydrogens is 307 g/mol. The summed E-state index contributed by atoms with van der Waals surface area (Å²) < 4.78 is 18.4. The molecule has 1 aromatic carbocycles. The van der Waals surface area contributed by atoms with E-state index in [1.165, 1.54) is 12.1 Å². The van der Waals surface area contributed by atoms with Gasteiger partial charge in [-0.1, -0.05) is 0 Å². The monoisotopic (exact) mass is 308 g/mol. The van der Waals surface area contributed by atoms with Gasteiger partial charge in [0, 0.05) is 0 Å². The third-order valence-corrected chi connectivity index (χ3v) is 2.93. The molecule has 2 rings (SSSR count). The van der Waals surface area contributed by atoms with Gasteiger partial charge in [0.1, 0.15) is 11.6 Å². The van der Waals surface area contributed by atoms with Crippen molar-refractivity contribution in [3.05, 3.63) is 28.0 Å². The summed E-state index contributed by atoms with van der Waals surface area (Å²) in [5.74, 6) is -0.307. The van der Waals surface area contributed by atoms with Gasteiger partial charge in [0.15, 0.2) is 0 Å². The fourth-order valence-electron chi connectivity index (χ4n) is 1.11. The lowest BCUT2D eigenvalue weighted by Gasteiger charge is -1.99. The van der Waals surface area contributed by atoms with E-state index in [1.54, 1.807) is 0 Å². The van der Waals surface area contributed by atoms with Crippen molar-refractivity contribution in [1.82, 2.24) is 0 Å². The van der Waals surface area contributed by atoms with Gasteiger partial charge in [0.25, 0.3) is 0 Å². The zero-order valence-electron chi connectivity index (χ0n) is 6.18. The van der Waals surface area contributed by atoms with E-state index in [1.807, 2.05) is 0 Å². The number of hydrogen-bond donors (Lipinski definition) is 0. The van der Waals surface area contributed by atoms with Gasteiger partial charge in [0.05, 0.1) is 10.0 Å². The summed E-state index contributed by atoms with van der Waals surface area (Å²) in [6.07, 6.45) is 0. The Morgan fingerprint density at radius 3 is 2.85 bits per heavy atom. The molecule has 0 spiro atoms. The van der Waals surface area contributed by atoms with Gasteiger partial charge >= 0.3 is 0 Å². The zero-order valence-corrected chi connectivity index (χ0v) is 9.35. The highest BCUT2D eigenvalue weighted by atomic mass is 79.9. The van der Waals surface area contributed by atoms with Crippen molar-refractivity contribution in [2.75, 3.05) is 0 Å². The van der Waals surface area contributed by atoms with Crippen LogP contribution in [0.4, 0.5) is 4.39 Å². The molecule has 0 amide bonds. The van der Waals surface area contributed by atoms with Crippen molar-refractivity contribution in [2.24, 2.45) is 0 Å². The average Bonchev–Trinajstić information content (AvgIpc) is 2.32. The summed E-state index contributed by atoms with van der Waals surface area (Å²) in [6, 6.07) is 2.62. The molecule has 68 valence electrons. The second-order valence-electron chi connectivity index (χ2n) is 2.56. The fraction of sp³-hybridized carbons (Fsp3) is 0.125. The number of carbonyl (C=O) groups is 1. The minimum Gasteiger partial charge on any atom is -0.470 e. The number of benzene rings is 1. The maximum atomic E-state index is 13.0. The molecule has 0 aromatic heterocycles. The highest BCUT2D eigenvalue weighted by molar-refractivity contribution is 9.10. The number of Topliss-reactive ketones (excluding diaryl/α,β-unsaturated/α-hetero) is 1. The molecule has 1 atom stereocenters. The van der Waals surface area contributed by atoms with Gasteiger partial charge in [-0.25, -0.2) is 4.39 Å². The molecule has 1 heterocycles. The highest BCUT2D eigenvalue weighted by Gasteiger charge is 2.31. The molecule has 13 heavy (non-hydrogen) atoms. The van der Waals surface area contributed by atoms with Crippen LogP contribution in [0.1, 0.15) is 10.4 Å². The Hall–Kier alpha value is -0.420. The number of fused-ring (bicyclic) bond motifs is 1. The van der Waals surface area contributed by atoms with Crippen molar-refractivity contribution < 1.29 is 13.9 Å². The van der Waals surface area contributed by atoms with Crippen LogP contribution in [0.3, 0.4) is 0 Å². The molecule has 0 saturated carbocycles. The van der Waals surface area contributed by atoms with E-state index in [2.05, 4.69) is 31.9 Å². The van der Waals surface area contributed by atoms with E-state index in [0.717, 1.165) is 0 Å². The smallest absolute Gasteiger partial charge is 0.218 e. The second kappa shape index (κ2) is 3.06. The van der Waals surface area contributed by atoms with Gasteiger partial charge in [-0.05, 0) is 44.0 Å². The van der Waals surface area contributed by atoms with E-state index in [-0.39, 0.29) is 11.3 Å². The molecule has 0 fully saturated rings. The third kappa shape index (κ3) is 1.40. The molecule has 0 radical (unpaired) electrons. The second-order valence-corrected chi connectivity index (χ2v) is 4.25. The summed E-state index contributed by atoms with van der Waals surface area (Å²) in [4.78, 5) is 11.3. The Morgan fingerprint density at radius 2 is 2.15 bits per heavy atom. The molecule has 1 aliphatic rings. The number of hydrogen-bond acceptors (Lipinski definition) is 2. The standard InChI is InChI=1S/C8H3Br2FO2/c9-4-2-6-3(1-5(4)11)7(12)8(10)13-6/h1-2,8H. The van der Waals surface area contributed by atoms with Gasteiger partial charge in [-0.3, -0.25) is 4.79 Å². The topological polar surface area (TPSA) is 26.3 Å². The van der Waals surface area contributed by atoms with Gasteiger partial charge in [-0.15, -0.1) is 0 Å². The molecule has 1 unspecified atom stereocenters. The number of ketones is 1.